The van der Waals surface area contributed by atoms with E-state index in [1.807, 2.05) is 0 Å². The van der Waals surface area contributed by atoms with E-state index in [0.717, 1.165) is 0 Å². The third-order valence-electron chi connectivity index (χ3n) is 5.43. The van der Waals surface area contributed by atoms with Crippen LogP contribution in [-0.2, 0) is 0 Å². The van der Waals surface area contributed by atoms with E-state index in [1.54, 1.807) is 0 Å². The first-order valence-corrected chi connectivity index (χ1v) is 11.6. The van der Waals surface area contributed by atoms with Crippen LogP contribution >= 0.6 is 16.1 Å². The molecule has 0 saturated heterocycles. The van der Waals surface area contributed by atoms with E-state index in [-0.39, 0.29) is 7.12 Å². The number of hydrogen-bond acceptors (Lipinski definition) is 3. The molecule has 5 heteroatoms. The van der Waals surface area contributed by atoms with Crippen molar-refractivity contribution < 1.29 is 0 Å². The molecule has 0 aromatic heterocycles. The predicted octanol–water partition coefficient (Wildman–Crippen LogP) is 7.59. The molecule has 3 N–H and O–H groups in total. The Morgan fingerprint density at radius 1 is 0.586 bits per heavy atom. The van der Waals surface area contributed by atoms with Crippen molar-refractivity contribution in [3.05, 3.63) is 58.7 Å². The minimum absolute atomic E-state index is 0.148. The highest BCUT2D eigenvalue weighted by atomic mass is 79.9. The lowest BCUT2D eigenvalue weighted by Crippen LogP contribution is -2.45. The van der Waals surface area contributed by atoms with Gasteiger partial charge in [-0.1, -0.05) is 91.8 Å². The topological polar surface area (TPSA) is 36.1 Å². The zero-order chi connectivity index (χ0) is 21.7. The minimum Gasteiger partial charge on any atom is -0.394 e. The molecule has 0 aliphatic carbocycles. The molecule has 0 saturated carbocycles. The van der Waals surface area contributed by atoms with Gasteiger partial charge < -0.3 is 10.5 Å². The zero-order valence-electron chi connectivity index (χ0n) is 19.2. The molecule has 0 fully saturated rings. The van der Waals surface area contributed by atoms with Crippen LogP contribution in [-0.4, -0.2) is 7.12 Å². The van der Waals surface area contributed by atoms with E-state index in [2.05, 4.69) is 123 Å². The summed E-state index contributed by atoms with van der Waals surface area (Å²) in [7, 11) is -0.148. The third kappa shape index (κ3) is 5.79. The Balaban J connectivity index is 2.46. The highest BCUT2D eigenvalue weighted by molar-refractivity contribution is 9.08. The van der Waals surface area contributed by atoms with Crippen molar-refractivity contribution in [2.24, 2.45) is 0 Å². The van der Waals surface area contributed by atoms with Gasteiger partial charge in [0.25, 0.3) is 0 Å². The molecule has 2 aromatic carbocycles. The van der Waals surface area contributed by atoms with Gasteiger partial charge in [0, 0.05) is 11.4 Å². The second-order valence-electron chi connectivity index (χ2n) is 9.07. The summed E-state index contributed by atoms with van der Waals surface area (Å²) in [6.45, 7) is 18.0. The van der Waals surface area contributed by atoms with Gasteiger partial charge in [0.05, 0.1) is 0 Å². The fourth-order valence-electron chi connectivity index (χ4n) is 3.81. The first-order valence-electron chi connectivity index (χ1n) is 10.8. The standard InChI is InChI=1S/C24H37BBrN3/c1-15(2)19-11-9-12-20(16(3)4)23(19)27-25(29-26)28-24-21(17(5)6)13-10-14-22(24)18(7)8/h9-18,27-29H,1-8H3. The molecule has 0 bridgehead atoms. The van der Waals surface area contributed by atoms with Crippen LogP contribution in [0.3, 0.4) is 0 Å². The largest absolute Gasteiger partial charge is 0.473 e. The highest BCUT2D eigenvalue weighted by Crippen LogP contribution is 2.35. The van der Waals surface area contributed by atoms with Crippen LogP contribution in [0.2, 0.25) is 0 Å². The molecule has 0 aliphatic heterocycles. The second-order valence-corrected chi connectivity index (χ2v) is 9.53. The van der Waals surface area contributed by atoms with Gasteiger partial charge >= 0.3 is 7.12 Å². The number of benzene rings is 2. The molecular formula is C24H37BBrN3. The van der Waals surface area contributed by atoms with Crippen LogP contribution in [0.1, 0.15) is 101 Å². The van der Waals surface area contributed by atoms with Crippen molar-refractivity contribution in [1.29, 1.82) is 0 Å². The highest BCUT2D eigenvalue weighted by Gasteiger charge is 2.24. The van der Waals surface area contributed by atoms with Crippen LogP contribution in [0, 0.1) is 0 Å². The maximum Gasteiger partial charge on any atom is 0.473 e. The van der Waals surface area contributed by atoms with Gasteiger partial charge in [0.2, 0.25) is 0 Å². The Morgan fingerprint density at radius 3 is 1.07 bits per heavy atom. The van der Waals surface area contributed by atoms with Crippen molar-refractivity contribution in [2.45, 2.75) is 79.1 Å². The summed E-state index contributed by atoms with van der Waals surface area (Å²) in [5, 5.41) is 7.48. The third-order valence-corrected chi connectivity index (χ3v) is 5.89. The summed E-state index contributed by atoms with van der Waals surface area (Å²) in [4.78, 5) is 0. The van der Waals surface area contributed by atoms with Crippen molar-refractivity contribution in [3.63, 3.8) is 0 Å². The molecule has 3 nitrogen and oxygen atoms in total. The lowest BCUT2D eigenvalue weighted by molar-refractivity contribution is 0.837. The van der Waals surface area contributed by atoms with Crippen LogP contribution in [0.4, 0.5) is 11.4 Å². The average molecular weight is 458 g/mol. The first kappa shape index (κ1) is 23.8. The summed E-state index contributed by atoms with van der Waals surface area (Å²) in [5.74, 6) is 1.78. The fraction of sp³-hybridized carbons (Fsp3) is 0.500. The van der Waals surface area contributed by atoms with Gasteiger partial charge in [0.1, 0.15) is 0 Å². The minimum atomic E-state index is -0.148. The van der Waals surface area contributed by atoms with Crippen molar-refractivity contribution in [3.8, 4) is 0 Å². The molecule has 0 heterocycles. The van der Waals surface area contributed by atoms with E-state index in [0.29, 0.717) is 23.7 Å². The predicted molar refractivity (Wildman–Crippen MR) is 134 cm³/mol. The van der Waals surface area contributed by atoms with Gasteiger partial charge in [0.15, 0.2) is 0 Å². The summed E-state index contributed by atoms with van der Waals surface area (Å²) in [5.41, 5.74) is 7.79. The van der Waals surface area contributed by atoms with Crippen molar-refractivity contribution in [2.75, 3.05) is 10.5 Å². The number of rotatable bonds is 9. The van der Waals surface area contributed by atoms with Crippen molar-refractivity contribution in [1.82, 2.24) is 4.25 Å². The summed E-state index contributed by atoms with van der Waals surface area (Å²) >= 11 is 3.50. The number of para-hydroxylation sites is 2. The Hall–Kier alpha value is -1.46. The van der Waals surface area contributed by atoms with Gasteiger partial charge in [-0.25, -0.2) is 0 Å². The van der Waals surface area contributed by atoms with Crippen molar-refractivity contribution >= 4 is 34.6 Å². The van der Waals surface area contributed by atoms with E-state index < -0.39 is 0 Å². The normalized spacial score (nSPS) is 11.6. The molecule has 0 atom stereocenters. The smallest absolute Gasteiger partial charge is 0.394 e. The Bertz CT molecular complexity index is 685. The maximum atomic E-state index is 3.74. The van der Waals surface area contributed by atoms with E-state index in [4.69, 9.17) is 0 Å². The van der Waals surface area contributed by atoms with E-state index in [1.165, 1.54) is 33.6 Å². The lowest BCUT2D eigenvalue weighted by Gasteiger charge is -2.27. The van der Waals surface area contributed by atoms with Crippen LogP contribution in [0.15, 0.2) is 36.4 Å². The van der Waals surface area contributed by atoms with Crippen LogP contribution in [0.5, 0.6) is 0 Å². The zero-order valence-corrected chi connectivity index (χ0v) is 20.8. The number of nitrogens with one attached hydrogen (secondary N) is 3. The molecule has 2 aromatic rings. The first-order chi connectivity index (χ1) is 13.7. The molecule has 0 amide bonds. The monoisotopic (exact) mass is 457 g/mol. The summed E-state index contributed by atoms with van der Waals surface area (Å²) in [6, 6.07) is 13.3. The molecule has 29 heavy (non-hydrogen) atoms. The molecule has 0 unspecified atom stereocenters. The quantitative estimate of drug-likeness (QED) is 0.268. The van der Waals surface area contributed by atoms with Gasteiger partial charge in [-0.2, -0.15) is 0 Å². The lowest BCUT2D eigenvalue weighted by atomic mass is 9.85. The summed E-state index contributed by atoms with van der Waals surface area (Å²) in [6.07, 6.45) is 0. The molecule has 0 spiro atoms. The van der Waals surface area contributed by atoms with E-state index >= 15 is 0 Å². The van der Waals surface area contributed by atoms with Crippen LogP contribution < -0.4 is 14.7 Å². The Kier molecular flexibility index (Phi) is 8.65. The van der Waals surface area contributed by atoms with Gasteiger partial charge in [-0.15, -0.1) is 0 Å². The molecule has 2 rings (SSSR count). The fourth-order valence-corrected chi connectivity index (χ4v) is 4.04. The van der Waals surface area contributed by atoms with Gasteiger partial charge in [-0.3, -0.25) is 4.25 Å². The Morgan fingerprint density at radius 2 is 0.862 bits per heavy atom. The van der Waals surface area contributed by atoms with Crippen LogP contribution in [0.25, 0.3) is 0 Å². The molecule has 0 radical (unpaired) electrons. The average Bonchev–Trinajstić information content (AvgIpc) is 2.66. The molecule has 158 valence electrons. The number of anilines is 2. The summed E-state index contributed by atoms with van der Waals surface area (Å²) < 4.78 is 3.25. The maximum absolute atomic E-state index is 3.74. The SMILES string of the molecule is CC(C)c1cccc(C(C)C)c1NB(NBr)Nc1c(C(C)C)cccc1C(C)C. The second kappa shape index (κ2) is 10.5. The Labute approximate surface area is 186 Å². The van der Waals surface area contributed by atoms with E-state index in [9.17, 15) is 0 Å². The number of halogens is 1. The molecular weight excluding hydrogens is 421 g/mol. The number of hydrogen-bond donors (Lipinski definition) is 3. The molecule has 0 aliphatic rings. The van der Waals surface area contributed by atoms with Gasteiger partial charge in [-0.05, 0) is 62.1 Å².